The Hall–Kier alpha value is -2.85. The summed E-state index contributed by atoms with van der Waals surface area (Å²) in [5, 5.41) is 0. The van der Waals surface area contributed by atoms with Crippen molar-refractivity contribution in [1.29, 1.82) is 0 Å². The van der Waals surface area contributed by atoms with Gasteiger partial charge >= 0.3 is 24.0 Å². The second kappa shape index (κ2) is 10.6. The van der Waals surface area contributed by atoms with E-state index >= 15 is 0 Å². The molecule has 0 N–H and O–H groups in total. The lowest BCUT2D eigenvalue weighted by molar-refractivity contribution is -0.342. The number of alkyl halides is 7. The van der Waals surface area contributed by atoms with E-state index in [0.717, 1.165) is 24.9 Å². The van der Waals surface area contributed by atoms with Crippen LogP contribution in [0, 0.1) is 0 Å². The predicted molar refractivity (Wildman–Crippen MR) is 105 cm³/mol. The minimum absolute atomic E-state index is 0.416. The van der Waals surface area contributed by atoms with Crippen LogP contribution in [0.5, 0.6) is 0 Å². The molecule has 1 aromatic rings. The van der Waals surface area contributed by atoms with Crippen molar-refractivity contribution in [2.45, 2.75) is 38.8 Å². The highest BCUT2D eigenvalue weighted by molar-refractivity contribution is 6.20. The first kappa shape index (κ1) is 27.2. The smallest absolute Gasteiger partial charge is 0.460 e. The maximum Gasteiger partial charge on any atom is 0.460 e. The molecule has 0 aromatic heterocycles. The number of allylic oxidation sites excluding steroid dienone is 2. The Morgan fingerprint density at radius 2 is 1.47 bits per heavy atom. The zero-order valence-corrected chi connectivity index (χ0v) is 17.5. The summed E-state index contributed by atoms with van der Waals surface area (Å²) in [6, 6.07) is 6.73. The number of esters is 1. The molecule has 0 unspecified atom stereocenters. The van der Waals surface area contributed by atoms with Crippen molar-refractivity contribution in [3.05, 3.63) is 47.6 Å². The number of hydrogen-bond acceptors (Lipinski definition) is 4. The van der Waals surface area contributed by atoms with Crippen molar-refractivity contribution >= 4 is 23.5 Å². The molecule has 0 aliphatic carbocycles. The van der Waals surface area contributed by atoms with E-state index in [2.05, 4.69) is 4.74 Å². The van der Waals surface area contributed by atoms with Gasteiger partial charge in [-0.2, -0.15) is 30.7 Å². The summed E-state index contributed by atoms with van der Waals surface area (Å²) in [7, 11) is 0. The normalized spacial score (nSPS) is 13.4. The molecular weight excluding hydrogens is 447 g/mol. The van der Waals surface area contributed by atoms with Gasteiger partial charge in [0.2, 0.25) is 5.78 Å². The third-order valence-corrected chi connectivity index (χ3v) is 4.35. The zero-order chi connectivity index (χ0) is 24.7. The first-order chi connectivity index (χ1) is 14.7. The van der Waals surface area contributed by atoms with Crippen molar-refractivity contribution in [3.8, 4) is 0 Å². The molecule has 0 heterocycles. The Kier molecular flexibility index (Phi) is 9.04. The van der Waals surface area contributed by atoms with Crippen LogP contribution in [0.3, 0.4) is 0 Å². The molecule has 0 spiro atoms. The summed E-state index contributed by atoms with van der Waals surface area (Å²) in [5.41, 5.74) is -0.268. The van der Waals surface area contributed by atoms with Gasteiger partial charge in [-0.1, -0.05) is 24.3 Å². The topological polar surface area (TPSA) is 46.6 Å². The lowest BCUT2D eigenvalue weighted by Gasteiger charge is -2.27. The van der Waals surface area contributed by atoms with Gasteiger partial charge in [0.25, 0.3) is 0 Å². The number of carbonyl (C=O) groups is 2. The van der Waals surface area contributed by atoms with Gasteiger partial charge in [0, 0.05) is 18.8 Å². The Morgan fingerprint density at radius 1 is 0.938 bits per heavy atom. The van der Waals surface area contributed by atoms with E-state index in [1.807, 2.05) is 18.7 Å². The van der Waals surface area contributed by atoms with Gasteiger partial charge in [-0.05, 0) is 44.5 Å². The number of nitrogens with zero attached hydrogens (tertiary/aromatic N) is 1. The Labute approximate surface area is 180 Å². The Bertz CT molecular complexity index is 855. The molecule has 0 atom stereocenters. The fraction of sp³-hybridized carbons (Fsp3) is 0.429. The predicted octanol–water partition coefficient (Wildman–Crippen LogP) is 5.44. The number of rotatable bonds is 10. The van der Waals surface area contributed by atoms with E-state index in [1.165, 1.54) is 13.0 Å². The molecule has 0 fully saturated rings. The average Bonchev–Trinajstić information content (AvgIpc) is 2.71. The minimum Gasteiger partial charge on any atom is -0.462 e. The number of ether oxygens (including phenoxy) is 1. The van der Waals surface area contributed by atoms with Gasteiger partial charge in [-0.25, -0.2) is 4.79 Å². The SMILES string of the molecule is CCOC(=O)/C(=C/C=C/c1ccc(N(CC)CC)cc1)C(=O)C(F)(F)C(F)(F)C(F)(F)F. The van der Waals surface area contributed by atoms with Crippen LogP contribution in [0.15, 0.2) is 42.0 Å². The number of hydrogen-bond donors (Lipinski definition) is 0. The van der Waals surface area contributed by atoms with Crippen LogP contribution in [0.25, 0.3) is 6.08 Å². The van der Waals surface area contributed by atoms with Crippen LogP contribution in [-0.4, -0.2) is 49.5 Å². The third-order valence-electron chi connectivity index (χ3n) is 4.35. The van der Waals surface area contributed by atoms with Crippen LogP contribution in [-0.2, 0) is 14.3 Å². The average molecular weight is 469 g/mol. The molecule has 0 saturated carbocycles. The second-order valence-corrected chi connectivity index (χ2v) is 6.40. The Balaban J connectivity index is 3.27. The minimum atomic E-state index is -6.71. The van der Waals surface area contributed by atoms with Crippen LogP contribution in [0.4, 0.5) is 36.4 Å². The molecule has 11 heteroatoms. The van der Waals surface area contributed by atoms with Gasteiger partial charge in [-0.3, -0.25) is 4.79 Å². The highest BCUT2D eigenvalue weighted by Crippen LogP contribution is 2.47. The first-order valence-electron chi connectivity index (χ1n) is 9.52. The summed E-state index contributed by atoms with van der Waals surface area (Å²) >= 11 is 0. The fourth-order valence-electron chi connectivity index (χ4n) is 2.58. The fourth-order valence-corrected chi connectivity index (χ4v) is 2.58. The lowest BCUT2D eigenvalue weighted by atomic mass is 9.99. The summed E-state index contributed by atoms with van der Waals surface area (Å²) in [5.74, 6) is -17.7. The number of Topliss-reactive ketones (excluding diaryl/α,β-unsaturated/α-hetero) is 1. The van der Waals surface area contributed by atoms with Crippen molar-refractivity contribution in [2.75, 3.05) is 24.6 Å². The molecule has 178 valence electrons. The van der Waals surface area contributed by atoms with Crippen LogP contribution < -0.4 is 4.90 Å². The van der Waals surface area contributed by atoms with Crippen LogP contribution in [0.2, 0.25) is 0 Å². The number of carbonyl (C=O) groups excluding carboxylic acids is 2. The monoisotopic (exact) mass is 469 g/mol. The zero-order valence-electron chi connectivity index (χ0n) is 17.5. The van der Waals surface area contributed by atoms with Gasteiger partial charge in [-0.15, -0.1) is 0 Å². The maximum atomic E-state index is 13.8. The summed E-state index contributed by atoms with van der Waals surface area (Å²) in [4.78, 5) is 25.7. The van der Waals surface area contributed by atoms with E-state index in [1.54, 1.807) is 24.3 Å². The standard InChI is InChI=1S/C21H22F7NO3/c1-4-29(5-2)15-12-10-14(11-13-15)8-7-9-16(18(31)32-6-3)17(30)19(22,23)20(24,25)21(26,27)28/h7-13H,4-6H2,1-3H3/b8-7+,16-9+. The molecule has 32 heavy (non-hydrogen) atoms. The van der Waals surface area contributed by atoms with Crippen LogP contribution in [0.1, 0.15) is 26.3 Å². The molecule has 0 aliphatic heterocycles. The molecule has 4 nitrogen and oxygen atoms in total. The molecule has 0 bridgehead atoms. The Morgan fingerprint density at radius 3 is 1.91 bits per heavy atom. The van der Waals surface area contributed by atoms with E-state index < -0.39 is 42.0 Å². The number of benzene rings is 1. The van der Waals surface area contributed by atoms with Gasteiger partial charge < -0.3 is 9.64 Å². The molecule has 0 aliphatic rings. The van der Waals surface area contributed by atoms with Gasteiger partial charge in [0.05, 0.1) is 6.61 Å². The van der Waals surface area contributed by atoms with Crippen molar-refractivity contribution < 1.29 is 45.1 Å². The maximum absolute atomic E-state index is 13.8. The van der Waals surface area contributed by atoms with E-state index in [9.17, 15) is 40.3 Å². The molecule has 1 aromatic carbocycles. The van der Waals surface area contributed by atoms with Gasteiger partial charge in [0.15, 0.2) is 0 Å². The number of anilines is 1. The molecular formula is C21H22F7NO3. The van der Waals surface area contributed by atoms with E-state index in [4.69, 9.17) is 0 Å². The first-order valence-corrected chi connectivity index (χ1v) is 9.52. The number of ketones is 1. The largest absolute Gasteiger partial charge is 0.462 e. The van der Waals surface area contributed by atoms with E-state index in [0.29, 0.717) is 11.6 Å². The number of halogens is 7. The summed E-state index contributed by atoms with van der Waals surface area (Å²) in [6.45, 7) is 6.20. The highest BCUT2D eigenvalue weighted by Gasteiger charge is 2.76. The lowest BCUT2D eigenvalue weighted by Crippen LogP contribution is -2.57. The third kappa shape index (κ3) is 5.89. The van der Waals surface area contributed by atoms with Gasteiger partial charge in [0.1, 0.15) is 5.57 Å². The molecule has 0 amide bonds. The summed E-state index contributed by atoms with van der Waals surface area (Å²) < 4.78 is 95.5. The quantitative estimate of drug-likeness (QED) is 0.114. The summed E-state index contributed by atoms with van der Waals surface area (Å²) in [6.07, 6.45) is -4.15. The molecule has 1 rings (SSSR count). The van der Waals surface area contributed by atoms with Crippen molar-refractivity contribution in [1.82, 2.24) is 0 Å². The second-order valence-electron chi connectivity index (χ2n) is 6.40. The van der Waals surface area contributed by atoms with Crippen molar-refractivity contribution in [2.24, 2.45) is 0 Å². The highest BCUT2D eigenvalue weighted by atomic mass is 19.4. The van der Waals surface area contributed by atoms with Crippen LogP contribution >= 0.6 is 0 Å². The van der Waals surface area contributed by atoms with E-state index in [-0.39, 0.29) is 0 Å². The molecule has 0 saturated heterocycles. The van der Waals surface area contributed by atoms with Crippen molar-refractivity contribution in [3.63, 3.8) is 0 Å². The molecule has 0 radical (unpaired) electrons.